The molecule has 0 aliphatic heterocycles. The molecule has 0 radical (unpaired) electrons. The van der Waals surface area contributed by atoms with Crippen molar-refractivity contribution in [2.75, 3.05) is 12.4 Å². The second-order valence-electron chi connectivity index (χ2n) is 7.67. The average molecular weight is 404 g/mol. The number of nitrogens with one attached hydrogen (secondary N) is 1. The summed E-state index contributed by atoms with van der Waals surface area (Å²) in [5.41, 5.74) is 4.83. The highest BCUT2D eigenvalue weighted by Gasteiger charge is 2.16. The monoisotopic (exact) mass is 404 g/mol. The first-order valence-corrected chi connectivity index (χ1v) is 10.0. The normalized spacial score (nSPS) is 12.3. The van der Waals surface area contributed by atoms with Gasteiger partial charge in [0.25, 0.3) is 0 Å². The van der Waals surface area contributed by atoms with Crippen molar-refractivity contribution in [3.63, 3.8) is 0 Å². The van der Waals surface area contributed by atoms with Crippen LogP contribution in [-0.2, 0) is 0 Å². The fraction of sp³-hybridized carbons (Fsp3) is 0.250. The Balaban J connectivity index is 1.72. The average Bonchev–Trinajstić information content (AvgIpc) is 3.16. The fourth-order valence-corrected chi connectivity index (χ4v) is 3.49. The molecule has 4 rings (SSSR count). The second-order valence-corrected chi connectivity index (χ2v) is 7.67. The molecule has 0 unspecified atom stereocenters. The van der Waals surface area contributed by atoms with Gasteiger partial charge in [0.2, 0.25) is 0 Å². The van der Waals surface area contributed by atoms with E-state index in [0.29, 0.717) is 5.92 Å². The summed E-state index contributed by atoms with van der Waals surface area (Å²) < 4.78 is 20.6. The summed E-state index contributed by atoms with van der Waals surface area (Å²) in [4.78, 5) is 4.80. The molecule has 0 fully saturated rings. The highest BCUT2D eigenvalue weighted by molar-refractivity contribution is 5.82. The molecule has 4 aromatic rings. The molecule has 2 aromatic heterocycles. The van der Waals surface area contributed by atoms with E-state index in [2.05, 4.69) is 36.4 Å². The van der Waals surface area contributed by atoms with Crippen molar-refractivity contribution < 1.29 is 9.13 Å². The summed E-state index contributed by atoms with van der Waals surface area (Å²) in [6, 6.07) is 14.6. The summed E-state index contributed by atoms with van der Waals surface area (Å²) in [5, 5.41) is 7.85. The van der Waals surface area contributed by atoms with Crippen molar-refractivity contribution in [3.8, 4) is 16.9 Å². The highest BCUT2D eigenvalue weighted by atomic mass is 19.1. The predicted molar refractivity (Wildman–Crippen MR) is 118 cm³/mol. The van der Waals surface area contributed by atoms with E-state index >= 15 is 0 Å². The van der Waals surface area contributed by atoms with Gasteiger partial charge in [0.1, 0.15) is 17.4 Å². The van der Waals surface area contributed by atoms with Gasteiger partial charge in [0.15, 0.2) is 5.65 Å². The van der Waals surface area contributed by atoms with Gasteiger partial charge in [-0.15, -0.1) is 0 Å². The molecule has 5 nitrogen and oxygen atoms in total. The first-order valence-electron chi connectivity index (χ1n) is 10.0. The number of ether oxygens (including phenoxy) is 1. The first kappa shape index (κ1) is 19.9. The largest absolute Gasteiger partial charge is 0.496 e. The van der Waals surface area contributed by atoms with E-state index in [-0.39, 0.29) is 11.9 Å². The molecule has 1 atom stereocenters. The Bertz CT molecular complexity index is 1170. The Hall–Kier alpha value is -3.41. The van der Waals surface area contributed by atoms with E-state index < -0.39 is 0 Å². The molecule has 0 saturated heterocycles. The minimum Gasteiger partial charge on any atom is -0.496 e. The van der Waals surface area contributed by atoms with Crippen LogP contribution < -0.4 is 10.1 Å². The fourth-order valence-electron chi connectivity index (χ4n) is 3.49. The number of anilines is 1. The molecule has 0 amide bonds. The SMILES string of the molecule is COc1ccc(C(C)C)cc1-c1cnn2ccc(N[C@H](C)c3ccc(F)cc3)nc12. The van der Waals surface area contributed by atoms with Gasteiger partial charge in [-0.2, -0.15) is 5.10 Å². The summed E-state index contributed by atoms with van der Waals surface area (Å²) in [5.74, 6) is 1.67. The van der Waals surface area contributed by atoms with Gasteiger partial charge in [-0.1, -0.05) is 32.0 Å². The smallest absolute Gasteiger partial charge is 0.165 e. The van der Waals surface area contributed by atoms with Gasteiger partial charge in [0, 0.05) is 17.8 Å². The lowest BCUT2D eigenvalue weighted by atomic mass is 9.97. The Morgan fingerprint density at radius 1 is 0.967 bits per heavy atom. The summed E-state index contributed by atoms with van der Waals surface area (Å²) in [6.07, 6.45) is 3.70. The van der Waals surface area contributed by atoms with Crippen LogP contribution in [0.25, 0.3) is 16.8 Å². The standard InChI is InChI=1S/C24H25FN4O/c1-15(2)18-7-10-22(30-4)20(13-18)21-14-26-29-12-11-23(28-24(21)29)27-16(3)17-5-8-19(25)9-6-17/h5-16H,1-4H3,(H,27,28)/t16-/m1/s1. The van der Waals surface area contributed by atoms with Gasteiger partial charge >= 0.3 is 0 Å². The van der Waals surface area contributed by atoms with E-state index in [1.165, 1.54) is 17.7 Å². The zero-order valence-corrected chi connectivity index (χ0v) is 17.6. The van der Waals surface area contributed by atoms with Crippen LogP contribution in [0.5, 0.6) is 5.75 Å². The molecule has 2 aromatic carbocycles. The van der Waals surface area contributed by atoms with E-state index in [0.717, 1.165) is 33.9 Å². The summed E-state index contributed by atoms with van der Waals surface area (Å²) in [7, 11) is 1.67. The van der Waals surface area contributed by atoms with Crippen LogP contribution in [0.15, 0.2) is 60.9 Å². The number of nitrogens with zero attached hydrogens (tertiary/aromatic N) is 3. The van der Waals surface area contributed by atoms with Crippen molar-refractivity contribution in [1.82, 2.24) is 14.6 Å². The lowest BCUT2D eigenvalue weighted by molar-refractivity contribution is 0.416. The summed E-state index contributed by atoms with van der Waals surface area (Å²) in [6.45, 7) is 6.35. The molecule has 0 aliphatic rings. The quantitative estimate of drug-likeness (QED) is 0.439. The minimum absolute atomic E-state index is 0.0225. The Labute approximate surface area is 175 Å². The Morgan fingerprint density at radius 3 is 2.40 bits per heavy atom. The van der Waals surface area contributed by atoms with Gasteiger partial charge in [0.05, 0.1) is 18.9 Å². The number of halogens is 1. The van der Waals surface area contributed by atoms with Crippen LogP contribution in [0.1, 0.15) is 43.9 Å². The van der Waals surface area contributed by atoms with Crippen LogP contribution in [0, 0.1) is 5.82 Å². The Morgan fingerprint density at radius 2 is 1.70 bits per heavy atom. The third kappa shape index (κ3) is 3.85. The molecule has 0 saturated carbocycles. The maximum absolute atomic E-state index is 13.2. The minimum atomic E-state index is -0.244. The van der Waals surface area contributed by atoms with Gasteiger partial charge in [-0.3, -0.25) is 0 Å². The van der Waals surface area contributed by atoms with E-state index in [9.17, 15) is 4.39 Å². The maximum Gasteiger partial charge on any atom is 0.165 e. The van der Waals surface area contributed by atoms with E-state index in [4.69, 9.17) is 9.72 Å². The molecule has 0 spiro atoms. The lowest BCUT2D eigenvalue weighted by Crippen LogP contribution is -2.08. The van der Waals surface area contributed by atoms with E-state index in [1.807, 2.05) is 31.5 Å². The van der Waals surface area contributed by atoms with Crippen molar-refractivity contribution in [2.45, 2.75) is 32.7 Å². The first-order chi connectivity index (χ1) is 14.5. The van der Waals surface area contributed by atoms with Crippen LogP contribution in [-0.4, -0.2) is 21.7 Å². The molecule has 0 aliphatic carbocycles. The molecular weight excluding hydrogens is 379 g/mol. The third-order valence-electron chi connectivity index (χ3n) is 5.28. The van der Waals surface area contributed by atoms with Crippen molar-refractivity contribution in [1.29, 1.82) is 0 Å². The van der Waals surface area contributed by atoms with Crippen LogP contribution in [0.2, 0.25) is 0 Å². The number of hydrogen-bond acceptors (Lipinski definition) is 4. The van der Waals surface area contributed by atoms with E-state index in [1.54, 1.807) is 23.8 Å². The van der Waals surface area contributed by atoms with Gasteiger partial charge in [-0.05, 0) is 54.3 Å². The molecule has 30 heavy (non-hydrogen) atoms. The third-order valence-corrected chi connectivity index (χ3v) is 5.28. The van der Waals surface area contributed by atoms with Gasteiger partial charge in [-0.25, -0.2) is 13.9 Å². The molecule has 6 heteroatoms. The number of hydrogen-bond donors (Lipinski definition) is 1. The second kappa shape index (κ2) is 8.14. The van der Waals surface area contributed by atoms with Gasteiger partial charge < -0.3 is 10.1 Å². The Kier molecular flexibility index (Phi) is 5.40. The predicted octanol–water partition coefficient (Wildman–Crippen LogP) is 5.84. The zero-order chi connectivity index (χ0) is 21.3. The maximum atomic E-state index is 13.2. The molecule has 2 heterocycles. The molecule has 154 valence electrons. The molecule has 1 N–H and O–H groups in total. The molecular formula is C24H25FN4O. The number of benzene rings is 2. The number of methoxy groups -OCH3 is 1. The van der Waals surface area contributed by atoms with Crippen molar-refractivity contribution in [3.05, 3.63) is 77.9 Å². The van der Waals surface area contributed by atoms with Crippen LogP contribution in [0.4, 0.5) is 10.2 Å². The van der Waals surface area contributed by atoms with Crippen molar-refractivity contribution >= 4 is 11.5 Å². The topological polar surface area (TPSA) is 51.5 Å². The zero-order valence-electron chi connectivity index (χ0n) is 17.6. The highest BCUT2D eigenvalue weighted by Crippen LogP contribution is 2.35. The van der Waals surface area contributed by atoms with Crippen molar-refractivity contribution in [2.24, 2.45) is 0 Å². The number of rotatable bonds is 6. The number of fused-ring (bicyclic) bond motifs is 1. The molecule has 0 bridgehead atoms. The summed E-state index contributed by atoms with van der Waals surface area (Å²) >= 11 is 0. The van der Waals surface area contributed by atoms with Crippen LogP contribution in [0.3, 0.4) is 0 Å². The van der Waals surface area contributed by atoms with Crippen LogP contribution >= 0.6 is 0 Å². The lowest BCUT2D eigenvalue weighted by Gasteiger charge is -2.15. The number of aromatic nitrogens is 3.